The van der Waals surface area contributed by atoms with Gasteiger partial charge in [-0.05, 0) is 25.8 Å². The van der Waals surface area contributed by atoms with Crippen molar-refractivity contribution >= 4 is 40.1 Å². The van der Waals surface area contributed by atoms with Gasteiger partial charge in [-0.1, -0.05) is 23.2 Å². The summed E-state index contributed by atoms with van der Waals surface area (Å²) in [7, 11) is 0. The summed E-state index contributed by atoms with van der Waals surface area (Å²) in [6, 6.07) is 2.94. The van der Waals surface area contributed by atoms with Gasteiger partial charge in [0, 0.05) is 24.5 Å². The summed E-state index contributed by atoms with van der Waals surface area (Å²) in [4.78, 5) is 26.4. The topological polar surface area (TPSA) is 59.8 Å². The van der Waals surface area contributed by atoms with Gasteiger partial charge in [-0.25, -0.2) is 4.79 Å². The van der Waals surface area contributed by atoms with Gasteiger partial charge in [0.15, 0.2) is 11.3 Å². The molecule has 0 unspecified atom stereocenters. The van der Waals surface area contributed by atoms with Crippen molar-refractivity contribution < 1.29 is 13.9 Å². The Labute approximate surface area is 142 Å². The number of hydrogen-bond acceptors (Lipinski definition) is 4. The van der Waals surface area contributed by atoms with Crippen LogP contribution in [0.5, 0.6) is 5.75 Å². The Kier molecular flexibility index (Phi) is 4.50. The van der Waals surface area contributed by atoms with Crippen LogP contribution in [-0.2, 0) is 0 Å². The van der Waals surface area contributed by atoms with Crippen molar-refractivity contribution in [1.29, 1.82) is 0 Å². The molecule has 0 bridgehead atoms. The predicted octanol–water partition coefficient (Wildman–Crippen LogP) is 3.73. The van der Waals surface area contributed by atoms with Gasteiger partial charge in [0.25, 0.3) is 5.91 Å². The number of hydrogen-bond donors (Lipinski definition) is 0. The minimum atomic E-state index is -0.700. The number of benzene rings is 1. The zero-order valence-electron chi connectivity index (χ0n) is 12.5. The minimum Gasteiger partial charge on any atom is -0.490 e. The van der Waals surface area contributed by atoms with Crippen molar-refractivity contribution in [2.75, 3.05) is 19.7 Å². The molecule has 1 aliphatic heterocycles. The molecule has 1 fully saturated rings. The van der Waals surface area contributed by atoms with E-state index in [0.717, 1.165) is 12.8 Å². The first-order valence-corrected chi connectivity index (χ1v) is 8.16. The number of likely N-dealkylation sites (tertiary alicyclic amines) is 1. The van der Waals surface area contributed by atoms with Crippen LogP contribution in [0.4, 0.5) is 0 Å². The lowest BCUT2D eigenvalue weighted by Gasteiger charge is -2.15. The fraction of sp³-hybridized carbons (Fsp3) is 0.375. The standard InChI is InChI=1S/C16H15Cl2NO4/c1-2-22-12-8-11(17)13(18)9-7-10(16(21)23-14(9)12)15(20)19-5-3-4-6-19/h7-8H,2-6H2,1H3. The van der Waals surface area contributed by atoms with Crippen LogP contribution in [0.15, 0.2) is 21.3 Å². The summed E-state index contributed by atoms with van der Waals surface area (Å²) in [5, 5.41) is 0.894. The molecule has 0 N–H and O–H groups in total. The van der Waals surface area contributed by atoms with Gasteiger partial charge in [0.05, 0.1) is 16.7 Å². The van der Waals surface area contributed by atoms with Crippen LogP contribution in [-0.4, -0.2) is 30.5 Å². The van der Waals surface area contributed by atoms with Crippen molar-refractivity contribution in [3.63, 3.8) is 0 Å². The van der Waals surface area contributed by atoms with Crippen LogP contribution in [0.25, 0.3) is 11.0 Å². The maximum Gasteiger partial charge on any atom is 0.349 e. The quantitative estimate of drug-likeness (QED) is 0.787. The summed E-state index contributed by atoms with van der Waals surface area (Å²) < 4.78 is 10.8. The highest BCUT2D eigenvalue weighted by molar-refractivity contribution is 6.45. The van der Waals surface area contributed by atoms with Gasteiger partial charge in [0.1, 0.15) is 5.56 Å². The van der Waals surface area contributed by atoms with E-state index in [-0.39, 0.29) is 27.1 Å². The number of amides is 1. The Bertz CT molecular complexity index is 825. The van der Waals surface area contributed by atoms with Crippen molar-refractivity contribution in [2.24, 2.45) is 0 Å². The number of carbonyl (C=O) groups is 1. The number of halogens is 2. The summed E-state index contributed by atoms with van der Waals surface area (Å²) in [5.74, 6) is -0.0127. The molecular formula is C16H15Cl2NO4. The normalized spacial score (nSPS) is 14.5. The summed E-state index contributed by atoms with van der Waals surface area (Å²) in [6.45, 7) is 3.47. The molecular weight excluding hydrogens is 341 g/mol. The van der Waals surface area contributed by atoms with Gasteiger partial charge in [-0.2, -0.15) is 0 Å². The monoisotopic (exact) mass is 355 g/mol. The molecule has 0 atom stereocenters. The van der Waals surface area contributed by atoms with Crippen LogP contribution in [0.1, 0.15) is 30.1 Å². The van der Waals surface area contributed by atoms with Gasteiger partial charge in [0.2, 0.25) is 0 Å². The maximum absolute atomic E-state index is 12.5. The molecule has 1 aliphatic rings. The Morgan fingerprint density at radius 2 is 2.00 bits per heavy atom. The predicted molar refractivity (Wildman–Crippen MR) is 88.8 cm³/mol. The average Bonchev–Trinajstić information content (AvgIpc) is 3.06. The molecule has 122 valence electrons. The Morgan fingerprint density at radius 1 is 1.30 bits per heavy atom. The van der Waals surface area contributed by atoms with E-state index in [1.54, 1.807) is 11.8 Å². The molecule has 1 aromatic heterocycles. The fourth-order valence-electron chi connectivity index (χ4n) is 2.69. The third kappa shape index (κ3) is 2.91. The molecule has 0 spiro atoms. The fourth-order valence-corrected chi connectivity index (χ4v) is 3.09. The lowest BCUT2D eigenvalue weighted by atomic mass is 10.1. The molecule has 2 heterocycles. The van der Waals surface area contributed by atoms with Gasteiger partial charge in [-0.15, -0.1) is 0 Å². The van der Waals surface area contributed by atoms with Crippen LogP contribution in [0.3, 0.4) is 0 Å². The largest absolute Gasteiger partial charge is 0.490 e. The molecule has 5 nitrogen and oxygen atoms in total. The van der Waals surface area contributed by atoms with Crippen LogP contribution in [0, 0.1) is 0 Å². The van der Waals surface area contributed by atoms with Gasteiger partial charge in [-0.3, -0.25) is 4.79 Å². The van der Waals surface area contributed by atoms with Gasteiger partial charge < -0.3 is 14.1 Å². The first-order chi connectivity index (χ1) is 11.0. The molecule has 0 saturated carbocycles. The first kappa shape index (κ1) is 16.1. The first-order valence-electron chi connectivity index (χ1n) is 7.41. The van der Waals surface area contributed by atoms with Crippen molar-refractivity contribution in [1.82, 2.24) is 4.90 Å². The van der Waals surface area contributed by atoms with Crippen molar-refractivity contribution in [3.05, 3.63) is 38.2 Å². The molecule has 1 saturated heterocycles. The second-order valence-corrected chi connectivity index (χ2v) is 6.08. The second-order valence-electron chi connectivity index (χ2n) is 5.29. The highest BCUT2D eigenvalue weighted by Gasteiger charge is 2.25. The second kappa shape index (κ2) is 6.42. The highest BCUT2D eigenvalue weighted by Crippen LogP contribution is 2.37. The Balaban J connectivity index is 2.18. The minimum absolute atomic E-state index is 0.0361. The van der Waals surface area contributed by atoms with Gasteiger partial charge >= 0.3 is 5.63 Å². The molecule has 0 radical (unpaired) electrons. The molecule has 3 rings (SSSR count). The Morgan fingerprint density at radius 3 is 2.65 bits per heavy atom. The van der Waals surface area contributed by atoms with Crippen molar-refractivity contribution in [2.45, 2.75) is 19.8 Å². The Hall–Kier alpha value is -1.72. The molecule has 7 heteroatoms. The zero-order chi connectivity index (χ0) is 16.6. The summed E-state index contributed by atoms with van der Waals surface area (Å²) in [6.07, 6.45) is 1.87. The van der Waals surface area contributed by atoms with E-state index in [4.69, 9.17) is 32.4 Å². The maximum atomic E-state index is 12.5. The van der Waals surface area contributed by atoms with E-state index in [0.29, 0.717) is 30.8 Å². The zero-order valence-corrected chi connectivity index (χ0v) is 14.0. The molecule has 23 heavy (non-hydrogen) atoms. The van der Waals surface area contributed by atoms with E-state index < -0.39 is 5.63 Å². The van der Waals surface area contributed by atoms with Crippen molar-refractivity contribution in [3.8, 4) is 5.75 Å². The molecule has 1 aromatic carbocycles. The van der Waals surface area contributed by atoms with E-state index in [1.165, 1.54) is 12.1 Å². The van der Waals surface area contributed by atoms with E-state index >= 15 is 0 Å². The van der Waals surface area contributed by atoms with Crippen LogP contribution < -0.4 is 10.4 Å². The SMILES string of the molecule is CCOc1cc(Cl)c(Cl)c2cc(C(=O)N3CCCC3)c(=O)oc12. The lowest BCUT2D eigenvalue weighted by molar-refractivity contribution is 0.0788. The number of ether oxygens (including phenoxy) is 1. The third-order valence-electron chi connectivity index (χ3n) is 3.80. The van der Waals surface area contributed by atoms with Crippen LogP contribution >= 0.6 is 23.2 Å². The van der Waals surface area contributed by atoms with E-state index in [1.807, 2.05) is 0 Å². The smallest absolute Gasteiger partial charge is 0.349 e. The number of fused-ring (bicyclic) bond motifs is 1. The number of nitrogens with zero attached hydrogens (tertiary/aromatic N) is 1. The lowest BCUT2D eigenvalue weighted by Crippen LogP contribution is -2.31. The third-order valence-corrected chi connectivity index (χ3v) is 4.60. The van der Waals surface area contributed by atoms with E-state index in [9.17, 15) is 9.59 Å². The van der Waals surface area contributed by atoms with E-state index in [2.05, 4.69) is 0 Å². The molecule has 0 aliphatic carbocycles. The molecule has 1 amide bonds. The molecule has 2 aromatic rings. The summed E-state index contributed by atoms with van der Waals surface area (Å²) >= 11 is 12.3. The summed E-state index contributed by atoms with van der Waals surface area (Å²) in [5.41, 5.74) is -0.538. The number of rotatable bonds is 3. The van der Waals surface area contributed by atoms with Crippen LogP contribution in [0.2, 0.25) is 10.0 Å². The highest BCUT2D eigenvalue weighted by atomic mass is 35.5. The average molecular weight is 356 g/mol. The number of carbonyl (C=O) groups excluding carboxylic acids is 1.